The van der Waals surface area contributed by atoms with Crippen LogP contribution in [0.2, 0.25) is 5.02 Å². The highest BCUT2D eigenvalue weighted by Crippen LogP contribution is 2.32. The number of halogens is 1. The van der Waals surface area contributed by atoms with E-state index in [0.717, 1.165) is 29.0 Å². The fourth-order valence-corrected chi connectivity index (χ4v) is 3.98. The molecular formula is C21H20ClNO4. The van der Waals surface area contributed by atoms with Crippen LogP contribution in [0.25, 0.3) is 0 Å². The summed E-state index contributed by atoms with van der Waals surface area (Å²) in [7, 11) is 0. The summed E-state index contributed by atoms with van der Waals surface area (Å²) < 4.78 is 10.9. The smallest absolute Gasteiger partial charge is 0.313 e. The second kappa shape index (κ2) is 7.24. The molecule has 0 fully saturated rings. The molecule has 5 nitrogen and oxygen atoms in total. The SMILES string of the molecule is C[C@H]1Cc2ccccc2N1C(=O)COC(=O)[C@@H]1COc2ccc(Cl)cc2C1. The molecule has 0 N–H and O–H groups in total. The Labute approximate surface area is 162 Å². The van der Waals surface area contributed by atoms with Crippen molar-refractivity contribution in [3.8, 4) is 5.75 Å². The number of hydrogen-bond acceptors (Lipinski definition) is 4. The van der Waals surface area contributed by atoms with Crippen molar-refractivity contribution in [1.82, 2.24) is 0 Å². The van der Waals surface area contributed by atoms with E-state index < -0.39 is 11.9 Å². The summed E-state index contributed by atoms with van der Waals surface area (Å²) in [5, 5.41) is 0.600. The van der Waals surface area contributed by atoms with Gasteiger partial charge in [0.2, 0.25) is 0 Å². The highest BCUT2D eigenvalue weighted by Gasteiger charge is 2.32. The van der Waals surface area contributed by atoms with Crippen LogP contribution in [-0.2, 0) is 27.2 Å². The van der Waals surface area contributed by atoms with Crippen molar-refractivity contribution in [2.24, 2.45) is 5.92 Å². The summed E-state index contributed by atoms with van der Waals surface area (Å²) in [4.78, 5) is 26.8. The first-order chi connectivity index (χ1) is 13.0. The van der Waals surface area contributed by atoms with Gasteiger partial charge in [-0.3, -0.25) is 9.59 Å². The van der Waals surface area contributed by atoms with Crippen LogP contribution in [0.5, 0.6) is 5.75 Å². The standard InChI is InChI=1S/C21H20ClNO4/c1-13-8-14-4-2-3-5-18(14)23(13)20(24)12-27-21(25)16-9-15-10-17(22)6-7-19(15)26-11-16/h2-7,10,13,16H,8-9,11-12H2,1H3/t13-,16-/m0/s1. The number of ether oxygens (including phenoxy) is 2. The van der Waals surface area contributed by atoms with E-state index >= 15 is 0 Å². The van der Waals surface area contributed by atoms with Crippen molar-refractivity contribution in [2.75, 3.05) is 18.1 Å². The third-order valence-electron chi connectivity index (χ3n) is 5.08. The second-order valence-corrected chi connectivity index (χ2v) is 7.45. The topological polar surface area (TPSA) is 55.8 Å². The number of carbonyl (C=O) groups is 2. The Bertz CT molecular complexity index is 898. The van der Waals surface area contributed by atoms with Crippen LogP contribution in [0.3, 0.4) is 0 Å². The van der Waals surface area contributed by atoms with E-state index in [0.29, 0.717) is 11.4 Å². The summed E-state index contributed by atoms with van der Waals surface area (Å²) in [6, 6.07) is 13.2. The monoisotopic (exact) mass is 385 g/mol. The summed E-state index contributed by atoms with van der Waals surface area (Å²) in [6.07, 6.45) is 1.30. The Morgan fingerprint density at radius 1 is 1.19 bits per heavy atom. The van der Waals surface area contributed by atoms with Crippen molar-refractivity contribution in [3.63, 3.8) is 0 Å². The average Bonchev–Trinajstić information content (AvgIpc) is 3.01. The van der Waals surface area contributed by atoms with E-state index in [4.69, 9.17) is 21.1 Å². The zero-order chi connectivity index (χ0) is 19.0. The minimum absolute atomic E-state index is 0.0561. The Balaban J connectivity index is 1.38. The van der Waals surface area contributed by atoms with Crippen molar-refractivity contribution in [3.05, 3.63) is 58.6 Å². The van der Waals surface area contributed by atoms with Gasteiger partial charge in [0, 0.05) is 16.8 Å². The number of para-hydroxylation sites is 1. The van der Waals surface area contributed by atoms with Gasteiger partial charge in [0.05, 0.1) is 5.92 Å². The molecule has 2 heterocycles. The maximum Gasteiger partial charge on any atom is 0.313 e. The number of anilines is 1. The van der Waals surface area contributed by atoms with Gasteiger partial charge in [-0.25, -0.2) is 0 Å². The Kier molecular flexibility index (Phi) is 4.79. The zero-order valence-corrected chi connectivity index (χ0v) is 15.7. The predicted octanol–water partition coefficient (Wildman–Crippen LogP) is 3.41. The normalized spacial score (nSPS) is 20.4. The molecule has 0 spiro atoms. The number of esters is 1. The minimum Gasteiger partial charge on any atom is -0.492 e. The molecule has 4 rings (SSSR count). The van der Waals surface area contributed by atoms with Crippen LogP contribution in [-0.4, -0.2) is 31.1 Å². The Morgan fingerprint density at radius 3 is 2.85 bits per heavy atom. The number of rotatable bonds is 3. The van der Waals surface area contributed by atoms with Gasteiger partial charge in [-0.2, -0.15) is 0 Å². The number of carbonyl (C=O) groups excluding carboxylic acids is 2. The molecule has 0 saturated carbocycles. The molecule has 0 saturated heterocycles. The van der Waals surface area contributed by atoms with Crippen LogP contribution >= 0.6 is 11.6 Å². The van der Waals surface area contributed by atoms with E-state index in [2.05, 4.69) is 0 Å². The van der Waals surface area contributed by atoms with Crippen LogP contribution < -0.4 is 9.64 Å². The van der Waals surface area contributed by atoms with Crippen LogP contribution in [0.4, 0.5) is 5.69 Å². The summed E-state index contributed by atoms with van der Waals surface area (Å²) in [5.74, 6) is -0.329. The first-order valence-corrected chi connectivity index (χ1v) is 9.38. The van der Waals surface area contributed by atoms with E-state index in [1.807, 2.05) is 31.2 Å². The van der Waals surface area contributed by atoms with Crippen LogP contribution in [0, 0.1) is 5.92 Å². The third kappa shape index (κ3) is 3.52. The largest absolute Gasteiger partial charge is 0.492 e. The Morgan fingerprint density at radius 2 is 2.00 bits per heavy atom. The molecule has 2 atom stereocenters. The van der Waals surface area contributed by atoms with Crippen LogP contribution in [0.1, 0.15) is 18.1 Å². The zero-order valence-electron chi connectivity index (χ0n) is 15.0. The van der Waals surface area contributed by atoms with Gasteiger partial charge in [-0.15, -0.1) is 0 Å². The molecule has 0 aromatic heterocycles. The maximum absolute atomic E-state index is 12.6. The molecule has 0 aliphatic carbocycles. The molecule has 6 heteroatoms. The second-order valence-electron chi connectivity index (χ2n) is 7.02. The molecular weight excluding hydrogens is 366 g/mol. The first kappa shape index (κ1) is 17.9. The lowest BCUT2D eigenvalue weighted by atomic mass is 9.97. The predicted molar refractivity (Wildman–Crippen MR) is 102 cm³/mol. The minimum atomic E-state index is -0.438. The number of hydrogen-bond donors (Lipinski definition) is 0. The molecule has 0 radical (unpaired) electrons. The molecule has 0 bridgehead atoms. The van der Waals surface area contributed by atoms with Crippen molar-refractivity contribution in [1.29, 1.82) is 0 Å². The lowest BCUT2D eigenvalue weighted by molar-refractivity contribution is -0.153. The highest BCUT2D eigenvalue weighted by molar-refractivity contribution is 6.30. The van der Waals surface area contributed by atoms with Crippen molar-refractivity contribution >= 4 is 29.2 Å². The van der Waals surface area contributed by atoms with Gasteiger partial charge in [0.25, 0.3) is 5.91 Å². The molecule has 2 aliphatic rings. The molecule has 1 amide bonds. The number of amides is 1. The summed E-state index contributed by atoms with van der Waals surface area (Å²) in [6.45, 7) is 1.97. The highest BCUT2D eigenvalue weighted by atomic mass is 35.5. The fourth-order valence-electron chi connectivity index (χ4n) is 3.78. The fraction of sp³-hybridized carbons (Fsp3) is 0.333. The first-order valence-electron chi connectivity index (χ1n) is 9.01. The molecule has 2 aromatic carbocycles. The molecule has 27 heavy (non-hydrogen) atoms. The maximum atomic E-state index is 12.6. The molecule has 2 aromatic rings. The van der Waals surface area contributed by atoms with Gasteiger partial charge >= 0.3 is 5.97 Å². The van der Waals surface area contributed by atoms with Crippen molar-refractivity contribution in [2.45, 2.75) is 25.8 Å². The van der Waals surface area contributed by atoms with E-state index in [1.165, 1.54) is 0 Å². The van der Waals surface area contributed by atoms with E-state index in [1.54, 1.807) is 23.1 Å². The molecule has 2 aliphatic heterocycles. The lowest BCUT2D eigenvalue weighted by Gasteiger charge is -2.25. The van der Waals surface area contributed by atoms with Gasteiger partial charge < -0.3 is 14.4 Å². The van der Waals surface area contributed by atoms with Crippen LogP contribution in [0.15, 0.2) is 42.5 Å². The van der Waals surface area contributed by atoms with Gasteiger partial charge in [-0.05, 0) is 55.2 Å². The third-order valence-corrected chi connectivity index (χ3v) is 5.31. The summed E-state index contributed by atoms with van der Waals surface area (Å²) >= 11 is 6.01. The number of benzene rings is 2. The van der Waals surface area contributed by atoms with Crippen molar-refractivity contribution < 1.29 is 19.1 Å². The van der Waals surface area contributed by atoms with Gasteiger partial charge in [-0.1, -0.05) is 29.8 Å². The summed E-state index contributed by atoms with van der Waals surface area (Å²) in [5.41, 5.74) is 2.92. The Hall–Kier alpha value is -2.53. The molecule has 0 unspecified atom stereocenters. The number of nitrogens with zero attached hydrogens (tertiary/aromatic N) is 1. The quantitative estimate of drug-likeness (QED) is 0.760. The lowest BCUT2D eigenvalue weighted by Crippen LogP contribution is -2.40. The van der Waals surface area contributed by atoms with E-state index in [-0.39, 0.29) is 25.2 Å². The average molecular weight is 386 g/mol. The van der Waals surface area contributed by atoms with Gasteiger partial charge in [0.15, 0.2) is 6.61 Å². The number of fused-ring (bicyclic) bond motifs is 2. The molecule has 140 valence electrons. The van der Waals surface area contributed by atoms with Gasteiger partial charge in [0.1, 0.15) is 12.4 Å². The van der Waals surface area contributed by atoms with E-state index in [9.17, 15) is 9.59 Å².